The number of carboxylic acids is 1. The predicted octanol–water partition coefficient (Wildman–Crippen LogP) is 2.22. The molecule has 122 valence electrons. The zero-order chi connectivity index (χ0) is 16.9. The highest BCUT2D eigenvalue weighted by molar-refractivity contribution is 6.02. The lowest BCUT2D eigenvalue weighted by atomic mass is 9.73. The molecular weight excluding hydrogens is 296 g/mol. The van der Waals surface area contributed by atoms with Gasteiger partial charge in [-0.3, -0.25) is 9.59 Å². The summed E-state index contributed by atoms with van der Waals surface area (Å²) < 4.78 is 5.22. The van der Waals surface area contributed by atoms with Crippen molar-refractivity contribution in [2.45, 2.75) is 38.6 Å². The molecule has 1 fully saturated rings. The summed E-state index contributed by atoms with van der Waals surface area (Å²) in [6.07, 6.45) is 3.21. The molecule has 2 rings (SSSR count). The summed E-state index contributed by atoms with van der Waals surface area (Å²) >= 11 is 0. The number of hydrogen-bond acceptors (Lipinski definition) is 4. The number of ether oxygens (including phenoxy) is 1. The fraction of sp³-hybridized carbons (Fsp3) is 0.471. The Kier molecular flexibility index (Phi) is 5.22. The highest BCUT2D eigenvalue weighted by atomic mass is 16.5. The minimum absolute atomic E-state index is 0.169. The number of nitrogens with zero attached hydrogens (tertiary/aromatic N) is 1. The maximum atomic E-state index is 12.5. The number of carbonyl (C=O) groups is 2. The molecule has 1 saturated carbocycles. The van der Waals surface area contributed by atoms with Gasteiger partial charge in [0.2, 0.25) is 5.91 Å². The second-order valence-corrected chi connectivity index (χ2v) is 5.77. The van der Waals surface area contributed by atoms with Crippen LogP contribution in [0.4, 0.5) is 0 Å². The molecule has 1 aromatic carbocycles. The van der Waals surface area contributed by atoms with Crippen LogP contribution in [0.25, 0.3) is 0 Å². The van der Waals surface area contributed by atoms with Crippen LogP contribution in [0, 0.1) is 16.7 Å². The second-order valence-electron chi connectivity index (χ2n) is 5.77. The van der Waals surface area contributed by atoms with Crippen LogP contribution in [0.1, 0.15) is 43.2 Å². The molecule has 1 amide bonds. The Morgan fingerprint density at radius 1 is 1.35 bits per heavy atom. The molecule has 0 atom stereocenters. The molecule has 1 aromatic rings. The van der Waals surface area contributed by atoms with Gasteiger partial charge < -0.3 is 15.2 Å². The van der Waals surface area contributed by atoms with E-state index < -0.39 is 17.3 Å². The van der Waals surface area contributed by atoms with Gasteiger partial charge in [0.05, 0.1) is 18.7 Å². The average Bonchev–Trinajstić information content (AvgIpc) is 2.59. The van der Waals surface area contributed by atoms with Gasteiger partial charge in [0.1, 0.15) is 11.2 Å². The average molecular weight is 316 g/mol. The van der Waals surface area contributed by atoms with Crippen molar-refractivity contribution in [3.63, 3.8) is 0 Å². The molecule has 0 saturated heterocycles. The van der Waals surface area contributed by atoms with Gasteiger partial charge >= 0.3 is 5.97 Å². The smallest absolute Gasteiger partial charge is 0.319 e. The second kappa shape index (κ2) is 7.14. The van der Waals surface area contributed by atoms with E-state index in [0.717, 1.165) is 19.3 Å². The maximum absolute atomic E-state index is 12.5. The molecule has 6 nitrogen and oxygen atoms in total. The molecule has 0 radical (unpaired) electrons. The summed E-state index contributed by atoms with van der Waals surface area (Å²) in [5, 5.41) is 21.1. The van der Waals surface area contributed by atoms with Crippen LogP contribution in [-0.4, -0.2) is 24.1 Å². The molecule has 1 aliphatic carbocycles. The summed E-state index contributed by atoms with van der Waals surface area (Å²) in [4.78, 5) is 24.1. The van der Waals surface area contributed by atoms with Crippen molar-refractivity contribution in [1.29, 1.82) is 5.26 Å². The fourth-order valence-electron chi connectivity index (χ4n) is 3.00. The van der Waals surface area contributed by atoms with Crippen LogP contribution in [-0.2, 0) is 16.1 Å². The van der Waals surface area contributed by atoms with E-state index in [9.17, 15) is 14.7 Å². The van der Waals surface area contributed by atoms with Crippen molar-refractivity contribution in [3.8, 4) is 11.8 Å². The molecule has 6 heteroatoms. The minimum Gasteiger partial charge on any atom is -0.496 e. The third kappa shape index (κ3) is 3.45. The minimum atomic E-state index is -1.32. The standard InChI is InChI=1S/C17H20N2O4/c1-23-14-9-12(10-18)5-6-13(14)11-19-15(20)17(16(21)22)7-3-2-4-8-17/h5-6,9H,2-4,7-8,11H2,1H3,(H,19,20)(H,21,22). The topological polar surface area (TPSA) is 99.4 Å². The van der Waals surface area contributed by atoms with Gasteiger partial charge in [-0.05, 0) is 25.0 Å². The summed E-state index contributed by atoms with van der Waals surface area (Å²) in [6, 6.07) is 6.95. The van der Waals surface area contributed by atoms with Crippen LogP contribution in [0.5, 0.6) is 5.75 Å². The van der Waals surface area contributed by atoms with E-state index in [-0.39, 0.29) is 6.54 Å². The van der Waals surface area contributed by atoms with Crippen LogP contribution < -0.4 is 10.1 Å². The van der Waals surface area contributed by atoms with Gasteiger partial charge in [-0.1, -0.05) is 25.3 Å². The number of amides is 1. The first-order valence-corrected chi connectivity index (χ1v) is 7.62. The molecule has 0 aromatic heterocycles. The van der Waals surface area contributed by atoms with Crippen molar-refractivity contribution in [2.75, 3.05) is 7.11 Å². The van der Waals surface area contributed by atoms with E-state index in [2.05, 4.69) is 5.32 Å². The van der Waals surface area contributed by atoms with Gasteiger partial charge in [0.15, 0.2) is 0 Å². The molecule has 0 aliphatic heterocycles. The summed E-state index contributed by atoms with van der Waals surface area (Å²) in [6.45, 7) is 0.169. The number of nitrogens with one attached hydrogen (secondary N) is 1. The molecule has 23 heavy (non-hydrogen) atoms. The molecule has 0 unspecified atom stereocenters. The third-order valence-corrected chi connectivity index (χ3v) is 4.41. The first-order valence-electron chi connectivity index (χ1n) is 7.62. The Morgan fingerprint density at radius 3 is 2.61 bits per heavy atom. The van der Waals surface area contributed by atoms with E-state index >= 15 is 0 Å². The van der Waals surface area contributed by atoms with Crippen LogP contribution in [0.2, 0.25) is 0 Å². The molecule has 0 heterocycles. The zero-order valence-electron chi connectivity index (χ0n) is 13.1. The van der Waals surface area contributed by atoms with Gasteiger partial charge in [-0.15, -0.1) is 0 Å². The molecular formula is C17H20N2O4. The number of methoxy groups -OCH3 is 1. The van der Waals surface area contributed by atoms with Crippen molar-refractivity contribution in [2.24, 2.45) is 5.41 Å². The van der Waals surface area contributed by atoms with E-state index in [1.54, 1.807) is 18.2 Å². The number of benzene rings is 1. The van der Waals surface area contributed by atoms with Gasteiger partial charge in [-0.2, -0.15) is 5.26 Å². The summed E-state index contributed by atoms with van der Waals surface area (Å²) in [5.74, 6) is -1.00. The quantitative estimate of drug-likeness (QED) is 0.811. The monoisotopic (exact) mass is 316 g/mol. The first kappa shape index (κ1) is 16.8. The summed E-state index contributed by atoms with van der Waals surface area (Å²) in [7, 11) is 1.49. The van der Waals surface area contributed by atoms with Gasteiger partial charge in [-0.25, -0.2) is 0 Å². The van der Waals surface area contributed by atoms with E-state index in [1.807, 2.05) is 6.07 Å². The lowest BCUT2D eigenvalue weighted by Crippen LogP contribution is -2.47. The van der Waals surface area contributed by atoms with Crippen LogP contribution in [0.15, 0.2) is 18.2 Å². The van der Waals surface area contributed by atoms with Gasteiger partial charge in [0, 0.05) is 12.1 Å². The Balaban J connectivity index is 2.12. The molecule has 2 N–H and O–H groups in total. The normalized spacial score (nSPS) is 16.2. The SMILES string of the molecule is COc1cc(C#N)ccc1CNC(=O)C1(C(=O)O)CCCCC1. The van der Waals surface area contributed by atoms with E-state index in [4.69, 9.17) is 10.00 Å². The van der Waals surface area contributed by atoms with E-state index in [1.165, 1.54) is 7.11 Å². The van der Waals surface area contributed by atoms with Crippen LogP contribution in [0.3, 0.4) is 0 Å². The van der Waals surface area contributed by atoms with Crippen LogP contribution >= 0.6 is 0 Å². The van der Waals surface area contributed by atoms with Crippen molar-refractivity contribution in [1.82, 2.24) is 5.32 Å². The number of carbonyl (C=O) groups excluding carboxylic acids is 1. The highest BCUT2D eigenvalue weighted by Crippen LogP contribution is 2.37. The molecule has 0 spiro atoms. The molecule has 1 aliphatic rings. The van der Waals surface area contributed by atoms with Crippen molar-refractivity contribution in [3.05, 3.63) is 29.3 Å². The maximum Gasteiger partial charge on any atom is 0.319 e. The predicted molar refractivity (Wildman–Crippen MR) is 82.7 cm³/mol. The Bertz CT molecular complexity index is 642. The largest absolute Gasteiger partial charge is 0.496 e. The Labute approximate surface area is 135 Å². The van der Waals surface area contributed by atoms with E-state index in [0.29, 0.717) is 29.7 Å². The number of rotatable bonds is 5. The molecule has 0 bridgehead atoms. The van der Waals surface area contributed by atoms with Crippen molar-refractivity contribution >= 4 is 11.9 Å². The third-order valence-electron chi connectivity index (χ3n) is 4.41. The number of aliphatic carboxylic acids is 1. The Hall–Kier alpha value is -2.55. The lowest BCUT2D eigenvalue weighted by molar-refractivity contribution is -0.158. The number of nitriles is 1. The summed E-state index contributed by atoms with van der Waals surface area (Å²) in [5.41, 5.74) is -0.152. The zero-order valence-corrected chi connectivity index (χ0v) is 13.1. The first-order chi connectivity index (χ1) is 11.0. The highest BCUT2D eigenvalue weighted by Gasteiger charge is 2.46. The van der Waals surface area contributed by atoms with Gasteiger partial charge in [0.25, 0.3) is 0 Å². The number of hydrogen-bond donors (Lipinski definition) is 2. The Morgan fingerprint density at radius 2 is 2.04 bits per heavy atom. The fourth-order valence-corrected chi connectivity index (χ4v) is 3.00. The number of carboxylic acid groups (broad SMARTS) is 1. The van der Waals surface area contributed by atoms with Crippen molar-refractivity contribution < 1.29 is 19.4 Å². The lowest BCUT2D eigenvalue weighted by Gasteiger charge is -2.31.